The molecular formula is C24H23ClN4O5S. The van der Waals surface area contributed by atoms with Crippen LogP contribution >= 0.6 is 11.6 Å². The summed E-state index contributed by atoms with van der Waals surface area (Å²) in [6.45, 7) is -0.172. The highest BCUT2D eigenvalue weighted by molar-refractivity contribution is 7.92. The third-order valence-corrected chi connectivity index (χ3v) is 6.17. The largest absolute Gasteiger partial charge is 0.484 e. The number of ether oxygens (including phenoxy) is 1. The van der Waals surface area contributed by atoms with E-state index in [1.165, 1.54) is 37.5 Å². The quantitative estimate of drug-likeness (QED) is 0.335. The highest BCUT2D eigenvalue weighted by atomic mass is 35.5. The zero-order valence-electron chi connectivity index (χ0n) is 18.9. The van der Waals surface area contributed by atoms with Gasteiger partial charge in [0, 0.05) is 23.3 Å². The van der Waals surface area contributed by atoms with Crippen molar-refractivity contribution in [2.75, 3.05) is 29.5 Å². The van der Waals surface area contributed by atoms with E-state index < -0.39 is 15.9 Å². The van der Waals surface area contributed by atoms with Gasteiger partial charge < -0.3 is 10.1 Å². The first kappa shape index (κ1) is 25.7. The molecule has 0 aliphatic carbocycles. The summed E-state index contributed by atoms with van der Waals surface area (Å²) in [6.07, 6.45) is 2.56. The van der Waals surface area contributed by atoms with Gasteiger partial charge in [0.05, 0.1) is 18.2 Å². The van der Waals surface area contributed by atoms with E-state index in [1.54, 1.807) is 48.5 Å². The lowest BCUT2D eigenvalue weighted by Gasteiger charge is -2.16. The smallest absolute Gasteiger partial charge is 0.271 e. The lowest BCUT2D eigenvalue weighted by atomic mass is 10.2. The van der Waals surface area contributed by atoms with Gasteiger partial charge in [-0.25, -0.2) is 13.8 Å². The Balaban J connectivity index is 1.47. The molecule has 3 aromatic carbocycles. The minimum Gasteiger partial charge on any atom is -0.484 e. The molecule has 2 N–H and O–H groups in total. The molecule has 0 aliphatic heterocycles. The molecular weight excluding hydrogens is 492 g/mol. The van der Waals surface area contributed by atoms with Crippen LogP contribution in [0, 0.1) is 0 Å². The number of rotatable bonds is 9. The number of hydrazone groups is 1. The van der Waals surface area contributed by atoms with Gasteiger partial charge >= 0.3 is 0 Å². The predicted octanol–water partition coefficient (Wildman–Crippen LogP) is 3.52. The van der Waals surface area contributed by atoms with E-state index in [4.69, 9.17) is 16.3 Å². The fourth-order valence-corrected chi connectivity index (χ4v) is 3.50. The van der Waals surface area contributed by atoms with Crippen molar-refractivity contribution in [3.05, 3.63) is 88.9 Å². The second-order valence-electron chi connectivity index (χ2n) is 7.39. The number of nitrogens with one attached hydrogen (secondary N) is 2. The summed E-state index contributed by atoms with van der Waals surface area (Å²) >= 11 is 5.89. The normalized spacial score (nSPS) is 11.2. The van der Waals surface area contributed by atoms with Crippen LogP contribution in [0.5, 0.6) is 5.75 Å². The van der Waals surface area contributed by atoms with Crippen LogP contribution in [-0.4, -0.2) is 46.4 Å². The molecule has 35 heavy (non-hydrogen) atoms. The van der Waals surface area contributed by atoms with Crippen molar-refractivity contribution in [1.82, 2.24) is 5.43 Å². The molecule has 0 bridgehead atoms. The number of carbonyl (C=O) groups is 2. The van der Waals surface area contributed by atoms with Crippen LogP contribution in [0.25, 0.3) is 0 Å². The Hall–Kier alpha value is -3.89. The van der Waals surface area contributed by atoms with Crippen molar-refractivity contribution < 1.29 is 22.7 Å². The number of benzene rings is 3. The molecule has 0 radical (unpaired) electrons. The van der Waals surface area contributed by atoms with Gasteiger partial charge in [0.25, 0.3) is 11.8 Å². The van der Waals surface area contributed by atoms with Gasteiger partial charge in [0.2, 0.25) is 10.0 Å². The van der Waals surface area contributed by atoms with Crippen molar-refractivity contribution in [2.45, 2.75) is 0 Å². The number of amides is 2. The van der Waals surface area contributed by atoms with E-state index in [0.29, 0.717) is 33.3 Å². The molecule has 182 valence electrons. The highest BCUT2D eigenvalue weighted by Gasteiger charge is 2.12. The molecule has 3 aromatic rings. The summed E-state index contributed by atoms with van der Waals surface area (Å²) in [6, 6.07) is 19.7. The van der Waals surface area contributed by atoms with Gasteiger partial charge in [-0.1, -0.05) is 17.7 Å². The van der Waals surface area contributed by atoms with E-state index in [2.05, 4.69) is 15.8 Å². The SMILES string of the molecule is CN(c1ccc(C(=O)N/N=C\c2ccc(OCC(=O)Nc3cccc(Cl)c3)cc2)cc1)S(C)(=O)=O. The van der Waals surface area contributed by atoms with Crippen molar-refractivity contribution in [3.8, 4) is 5.75 Å². The van der Waals surface area contributed by atoms with Crippen LogP contribution in [0.1, 0.15) is 15.9 Å². The highest BCUT2D eigenvalue weighted by Crippen LogP contribution is 2.17. The summed E-state index contributed by atoms with van der Waals surface area (Å²) < 4.78 is 29.8. The zero-order valence-corrected chi connectivity index (χ0v) is 20.5. The van der Waals surface area contributed by atoms with Crippen molar-refractivity contribution in [1.29, 1.82) is 0 Å². The molecule has 0 heterocycles. The molecule has 0 spiro atoms. The van der Waals surface area contributed by atoms with Crippen LogP contribution in [0.3, 0.4) is 0 Å². The van der Waals surface area contributed by atoms with Crippen LogP contribution < -0.4 is 19.8 Å². The molecule has 0 saturated carbocycles. The van der Waals surface area contributed by atoms with Gasteiger partial charge in [-0.05, 0) is 72.3 Å². The average molecular weight is 515 g/mol. The van der Waals surface area contributed by atoms with Gasteiger partial charge in [0.1, 0.15) is 5.75 Å². The number of sulfonamides is 1. The number of hydrogen-bond acceptors (Lipinski definition) is 6. The average Bonchev–Trinajstić information content (AvgIpc) is 2.82. The molecule has 0 aliphatic rings. The number of hydrogen-bond donors (Lipinski definition) is 2. The van der Waals surface area contributed by atoms with Gasteiger partial charge in [-0.3, -0.25) is 13.9 Å². The van der Waals surface area contributed by atoms with Crippen LogP contribution in [0.15, 0.2) is 77.9 Å². The fraction of sp³-hybridized carbons (Fsp3) is 0.125. The predicted molar refractivity (Wildman–Crippen MR) is 137 cm³/mol. The van der Waals surface area contributed by atoms with Crippen LogP contribution in [-0.2, 0) is 14.8 Å². The first-order valence-corrected chi connectivity index (χ1v) is 12.5. The van der Waals surface area contributed by atoms with Crippen molar-refractivity contribution in [2.24, 2.45) is 5.10 Å². The second kappa shape index (κ2) is 11.5. The summed E-state index contributed by atoms with van der Waals surface area (Å²) in [5.41, 5.74) is 4.46. The molecule has 0 atom stereocenters. The number of halogens is 1. The lowest BCUT2D eigenvalue weighted by molar-refractivity contribution is -0.118. The summed E-state index contributed by atoms with van der Waals surface area (Å²) in [4.78, 5) is 24.3. The van der Waals surface area contributed by atoms with Crippen molar-refractivity contribution in [3.63, 3.8) is 0 Å². The number of nitrogens with zero attached hydrogens (tertiary/aromatic N) is 2. The molecule has 3 rings (SSSR count). The van der Waals surface area contributed by atoms with E-state index >= 15 is 0 Å². The monoisotopic (exact) mass is 514 g/mol. The van der Waals surface area contributed by atoms with Gasteiger partial charge in [-0.2, -0.15) is 5.10 Å². The lowest BCUT2D eigenvalue weighted by Crippen LogP contribution is -2.25. The van der Waals surface area contributed by atoms with Crippen LogP contribution in [0.2, 0.25) is 5.02 Å². The number of carbonyl (C=O) groups excluding carboxylic acids is 2. The maximum atomic E-state index is 12.2. The van der Waals surface area contributed by atoms with Gasteiger partial charge in [0.15, 0.2) is 6.61 Å². The summed E-state index contributed by atoms with van der Waals surface area (Å²) in [5, 5.41) is 7.14. The second-order valence-corrected chi connectivity index (χ2v) is 9.84. The van der Waals surface area contributed by atoms with Gasteiger partial charge in [-0.15, -0.1) is 0 Å². The van der Waals surface area contributed by atoms with Crippen LogP contribution in [0.4, 0.5) is 11.4 Å². The summed E-state index contributed by atoms with van der Waals surface area (Å²) in [5.74, 6) is -0.274. The Bertz CT molecular complexity index is 1330. The Morgan fingerprint density at radius 3 is 2.37 bits per heavy atom. The molecule has 0 saturated heterocycles. The maximum absolute atomic E-state index is 12.2. The third-order valence-electron chi connectivity index (χ3n) is 4.73. The standard InChI is InChI=1S/C24H23ClN4O5S/c1-29(35(2,32)33)21-10-8-18(9-11-21)24(31)28-26-15-17-6-12-22(13-7-17)34-16-23(30)27-20-5-3-4-19(25)14-20/h3-15H,16H2,1-2H3,(H,27,30)(H,28,31)/b26-15-. The molecule has 0 fully saturated rings. The van der Waals surface area contributed by atoms with E-state index in [0.717, 1.165) is 10.6 Å². The Labute approximate surface area is 208 Å². The number of anilines is 2. The Kier molecular flexibility index (Phi) is 8.45. The minimum atomic E-state index is -3.38. The topological polar surface area (TPSA) is 117 Å². The maximum Gasteiger partial charge on any atom is 0.271 e. The van der Waals surface area contributed by atoms with E-state index in [1.807, 2.05) is 0 Å². The Morgan fingerprint density at radius 2 is 1.74 bits per heavy atom. The first-order valence-electron chi connectivity index (χ1n) is 10.3. The van der Waals surface area contributed by atoms with Crippen molar-refractivity contribution >= 4 is 51.0 Å². The van der Waals surface area contributed by atoms with E-state index in [-0.39, 0.29) is 12.5 Å². The van der Waals surface area contributed by atoms with E-state index in [9.17, 15) is 18.0 Å². The first-order chi connectivity index (χ1) is 16.6. The molecule has 2 amide bonds. The molecule has 0 aromatic heterocycles. The molecule has 9 nitrogen and oxygen atoms in total. The molecule has 0 unspecified atom stereocenters. The third kappa shape index (κ3) is 7.83. The summed E-state index contributed by atoms with van der Waals surface area (Å²) in [7, 11) is -1.95. The zero-order chi connectivity index (χ0) is 25.4. The fourth-order valence-electron chi connectivity index (χ4n) is 2.81. The minimum absolute atomic E-state index is 0.172. The Morgan fingerprint density at radius 1 is 1.06 bits per heavy atom. The molecule has 11 heteroatoms.